The molecule has 0 radical (unpaired) electrons. The first kappa shape index (κ1) is 16.7. The molecule has 0 saturated carbocycles. The van der Waals surface area contributed by atoms with Gasteiger partial charge in [0, 0.05) is 18.6 Å². The van der Waals surface area contributed by atoms with Crippen LogP contribution in [0.5, 0.6) is 0 Å². The zero-order valence-corrected chi connectivity index (χ0v) is 13.4. The van der Waals surface area contributed by atoms with Crippen molar-refractivity contribution in [1.82, 2.24) is 5.48 Å². The molecular weight excluding hydrogens is 308 g/mol. The minimum atomic E-state index is -3.40. The summed E-state index contributed by atoms with van der Waals surface area (Å²) < 4.78 is 30.3. The Hall–Kier alpha value is -1.64. The van der Waals surface area contributed by atoms with Gasteiger partial charge in [-0.1, -0.05) is 6.07 Å². The van der Waals surface area contributed by atoms with Crippen molar-refractivity contribution in [3.05, 3.63) is 29.3 Å². The number of sulfonamides is 1. The third-order valence-electron chi connectivity index (χ3n) is 3.22. The van der Waals surface area contributed by atoms with Crippen LogP contribution in [0.15, 0.2) is 18.2 Å². The van der Waals surface area contributed by atoms with Crippen LogP contribution in [0.2, 0.25) is 0 Å². The van der Waals surface area contributed by atoms with Crippen molar-refractivity contribution in [2.75, 3.05) is 17.6 Å². The molecule has 0 bridgehead atoms. The fraction of sp³-hybridized carbons (Fsp3) is 0.500. The molecule has 1 atom stereocenters. The van der Waals surface area contributed by atoms with E-state index in [0.29, 0.717) is 17.9 Å². The molecule has 122 valence electrons. The van der Waals surface area contributed by atoms with E-state index in [1.807, 2.05) is 0 Å². The fourth-order valence-corrected chi connectivity index (χ4v) is 2.67. The highest BCUT2D eigenvalue weighted by molar-refractivity contribution is 7.92. The standard InChI is InChI=1S/C14H20N2O5S/c1-10-6-7-11(9-12(10)16-22(2,18)19)14(17)15-21-13-5-3-4-8-20-13/h6-7,9,13,16H,3-5,8H2,1-2H3,(H,15,17). The van der Waals surface area contributed by atoms with Crippen LogP contribution in [0.1, 0.15) is 35.2 Å². The SMILES string of the molecule is Cc1ccc(C(=O)NOC2CCCCO2)cc1NS(C)(=O)=O. The molecule has 1 aliphatic rings. The predicted octanol–water partition coefficient (Wildman–Crippen LogP) is 1.55. The normalized spacial score (nSPS) is 18.7. The number of carbonyl (C=O) groups excluding carboxylic acids is 1. The number of ether oxygens (including phenoxy) is 1. The minimum absolute atomic E-state index is 0.299. The Morgan fingerprint density at radius 3 is 2.77 bits per heavy atom. The second-order valence-electron chi connectivity index (χ2n) is 5.25. The molecule has 1 aromatic carbocycles. The van der Waals surface area contributed by atoms with E-state index >= 15 is 0 Å². The molecule has 1 saturated heterocycles. The maximum Gasteiger partial charge on any atom is 0.275 e. The summed E-state index contributed by atoms with van der Waals surface area (Å²) >= 11 is 0. The summed E-state index contributed by atoms with van der Waals surface area (Å²) in [6.45, 7) is 2.37. The summed E-state index contributed by atoms with van der Waals surface area (Å²) in [5, 5.41) is 0. The topological polar surface area (TPSA) is 93.7 Å². The van der Waals surface area contributed by atoms with Crippen molar-refractivity contribution < 1.29 is 22.8 Å². The highest BCUT2D eigenvalue weighted by atomic mass is 32.2. The molecule has 0 aliphatic carbocycles. The van der Waals surface area contributed by atoms with Crippen molar-refractivity contribution in [3.63, 3.8) is 0 Å². The third-order valence-corrected chi connectivity index (χ3v) is 3.81. The van der Waals surface area contributed by atoms with E-state index in [0.717, 1.165) is 31.1 Å². The van der Waals surface area contributed by atoms with Crippen LogP contribution in [0.4, 0.5) is 5.69 Å². The number of aryl methyl sites for hydroxylation is 1. The number of anilines is 1. The van der Waals surface area contributed by atoms with Gasteiger partial charge in [-0.05, 0) is 37.5 Å². The number of nitrogens with one attached hydrogen (secondary N) is 2. The summed E-state index contributed by atoms with van der Waals surface area (Å²) in [5.41, 5.74) is 3.72. The molecule has 0 aromatic heterocycles. The van der Waals surface area contributed by atoms with Gasteiger partial charge in [0.2, 0.25) is 10.0 Å². The number of carbonyl (C=O) groups is 1. The Balaban J connectivity index is 2.01. The number of benzene rings is 1. The number of rotatable bonds is 5. The molecule has 7 nitrogen and oxygen atoms in total. The highest BCUT2D eigenvalue weighted by Gasteiger charge is 2.17. The zero-order chi connectivity index (χ0) is 16.2. The molecule has 1 amide bonds. The summed E-state index contributed by atoms with van der Waals surface area (Å²) in [6, 6.07) is 4.74. The molecule has 2 rings (SSSR count). The minimum Gasteiger partial charge on any atom is -0.350 e. The summed E-state index contributed by atoms with van der Waals surface area (Å²) in [4.78, 5) is 17.3. The quantitative estimate of drug-likeness (QED) is 0.800. The second-order valence-corrected chi connectivity index (χ2v) is 7.00. The van der Waals surface area contributed by atoms with Gasteiger partial charge in [-0.25, -0.2) is 18.7 Å². The van der Waals surface area contributed by atoms with Gasteiger partial charge < -0.3 is 4.74 Å². The molecule has 1 aromatic rings. The number of hydroxylamine groups is 1. The molecule has 22 heavy (non-hydrogen) atoms. The average Bonchev–Trinajstić information content (AvgIpc) is 2.47. The van der Waals surface area contributed by atoms with Gasteiger partial charge in [-0.15, -0.1) is 0 Å². The summed E-state index contributed by atoms with van der Waals surface area (Å²) in [7, 11) is -3.40. The van der Waals surface area contributed by atoms with E-state index in [1.54, 1.807) is 19.1 Å². The highest BCUT2D eigenvalue weighted by Crippen LogP contribution is 2.18. The average molecular weight is 328 g/mol. The monoisotopic (exact) mass is 328 g/mol. The van der Waals surface area contributed by atoms with E-state index in [1.165, 1.54) is 6.07 Å². The fourth-order valence-electron chi connectivity index (χ4n) is 2.06. The lowest BCUT2D eigenvalue weighted by molar-refractivity contribution is -0.186. The van der Waals surface area contributed by atoms with Crippen LogP contribution in [0.25, 0.3) is 0 Å². The first-order valence-corrected chi connectivity index (χ1v) is 8.90. The third kappa shape index (κ3) is 4.97. The van der Waals surface area contributed by atoms with Crippen molar-refractivity contribution >= 4 is 21.6 Å². The van der Waals surface area contributed by atoms with Crippen LogP contribution >= 0.6 is 0 Å². The van der Waals surface area contributed by atoms with Gasteiger partial charge in [-0.2, -0.15) is 0 Å². The van der Waals surface area contributed by atoms with Gasteiger partial charge in [0.1, 0.15) is 0 Å². The van der Waals surface area contributed by atoms with E-state index in [9.17, 15) is 13.2 Å². The van der Waals surface area contributed by atoms with Crippen molar-refractivity contribution in [2.45, 2.75) is 32.5 Å². The number of amides is 1. The maximum atomic E-state index is 12.0. The Morgan fingerprint density at radius 1 is 1.36 bits per heavy atom. The molecule has 2 N–H and O–H groups in total. The smallest absolute Gasteiger partial charge is 0.275 e. The van der Waals surface area contributed by atoms with E-state index in [2.05, 4.69) is 10.2 Å². The Bertz CT molecular complexity index is 639. The van der Waals surface area contributed by atoms with Crippen LogP contribution in [0.3, 0.4) is 0 Å². The molecule has 1 unspecified atom stereocenters. The van der Waals surface area contributed by atoms with Crippen LogP contribution < -0.4 is 10.2 Å². The summed E-state index contributed by atoms with van der Waals surface area (Å²) in [5.74, 6) is -0.453. The Morgan fingerprint density at radius 2 is 2.14 bits per heavy atom. The zero-order valence-electron chi connectivity index (χ0n) is 12.6. The summed E-state index contributed by atoms with van der Waals surface area (Å²) in [6.07, 6.45) is 3.34. The molecule has 8 heteroatoms. The van der Waals surface area contributed by atoms with E-state index in [4.69, 9.17) is 9.57 Å². The Kier molecular flexibility index (Phi) is 5.38. The lowest BCUT2D eigenvalue weighted by Crippen LogP contribution is -2.33. The molecule has 1 aliphatic heterocycles. The van der Waals surface area contributed by atoms with Gasteiger partial charge in [-0.3, -0.25) is 9.52 Å². The van der Waals surface area contributed by atoms with E-state index in [-0.39, 0.29) is 0 Å². The second kappa shape index (κ2) is 7.08. The largest absolute Gasteiger partial charge is 0.350 e. The first-order chi connectivity index (χ1) is 10.3. The van der Waals surface area contributed by atoms with Gasteiger partial charge in [0.05, 0.1) is 11.9 Å². The lowest BCUT2D eigenvalue weighted by atomic mass is 10.1. The van der Waals surface area contributed by atoms with Crippen molar-refractivity contribution in [2.24, 2.45) is 0 Å². The van der Waals surface area contributed by atoms with Gasteiger partial charge in [0.15, 0.2) is 6.29 Å². The van der Waals surface area contributed by atoms with Crippen molar-refractivity contribution in [3.8, 4) is 0 Å². The molecule has 1 fully saturated rings. The lowest BCUT2D eigenvalue weighted by Gasteiger charge is -2.22. The number of hydrogen-bond acceptors (Lipinski definition) is 5. The van der Waals surface area contributed by atoms with Crippen molar-refractivity contribution in [1.29, 1.82) is 0 Å². The van der Waals surface area contributed by atoms with E-state index < -0.39 is 22.2 Å². The molecule has 1 heterocycles. The van der Waals surface area contributed by atoms with Crippen LogP contribution in [-0.2, 0) is 19.6 Å². The predicted molar refractivity (Wildman–Crippen MR) is 81.8 cm³/mol. The molecular formula is C14H20N2O5S. The van der Waals surface area contributed by atoms with Gasteiger partial charge >= 0.3 is 0 Å². The number of hydrogen-bond donors (Lipinski definition) is 2. The first-order valence-electron chi connectivity index (χ1n) is 7.01. The Labute approximate surface area is 130 Å². The van der Waals surface area contributed by atoms with Crippen LogP contribution in [0, 0.1) is 6.92 Å². The maximum absolute atomic E-state index is 12.0. The molecule has 0 spiro atoms. The van der Waals surface area contributed by atoms with Gasteiger partial charge in [0.25, 0.3) is 5.91 Å². The van der Waals surface area contributed by atoms with Crippen LogP contribution in [-0.4, -0.2) is 33.5 Å².